The second-order valence-electron chi connectivity index (χ2n) is 6.68. The van der Waals surface area contributed by atoms with Crippen molar-refractivity contribution in [1.82, 2.24) is 4.98 Å². The van der Waals surface area contributed by atoms with Crippen LogP contribution in [0.1, 0.15) is 15.9 Å². The van der Waals surface area contributed by atoms with Crippen LogP contribution >= 0.6 is 11.8 Å². The molecular weight excluding hydrogens is 484 g/mol. The fourth-order valence-corrected chi connectivity index (χ4v) is 5.40. The Hall–Kier alpha value is -3.12. The van der Waals surface area contributed by atoms with Crippen LogP contribution in [0.5, 0.6) is 0 Å². The number of H-pyrrole nitrogens is 1. The lowest BCUT2D eigenvalue weighted by Gasteiger charge is -2.11. The SMILES string of the molecule is O=C(Nc1c(SCCS(=O)(=O)c2cccc(C(F)(F)F)c2)[nH]cc(F)c1=O)c1ccccc1. The Morgan fingerprint density at radius 3 is 2.42 bits per heavy atom. The number of thioether (sulfide) groups is 1. The summed E-state index contributed by atoms with van der Waals surface area (Å²) in [6.07, 6.45) is -3.93. The van der Waals surface area contributed by atoms with Gasteiger partial charge in [0, 0.05) is 17.5 Å². The van der Waals surface area contributed by atoms with Crippen LogP contribution < -0.4 is 10.7 Å². The fourth-order valence-electron chi connectivity index (χ4n) is 2.73. The molecule has 2 N–H and O–H groups in total. The molecule has 1 heterocycles. The first-order chi connectivity index (χ1) is 15.5. The number of rotatable bonds is 7. The Bertz CT molecular complexity index is 1320. The zero-order chi connectivity index (χ0) is 24.2. The van der Waals surface area contributed by atoms with Crippen molar-refractivity contribution in [2.24, 2.45) is 0 Å². The maximum atomic E-state index is 13.8. The van der Waals surface area contributed by atoms with Gasteiger partial charge in [-0.25, -0.2) is 12.8 Å². The lowest BCUT2D eigenvalue weighted by Crippen LogP contribution is -2.22. The monoisotopic (exact) mass is 500 g/mol. The Morgan fingerprint density at radius 1 is 1.06 bits per heavy atom. The molecule has 0 bridgehead atoms. The molecule has 174 valence electrons. The highest BCUT2D eigenvalue weighted by molar-refractivity contribution is 8.00. The quantitative estimate of drug-likeness (QED) is 0.372. The van der Waals surface area contributed by atoms with Crippen LogP contribution in [-0.2, 0) is 16.0 Å². The number of hydrogen-bond acceptors (Lipinski definition) is 5. The van der Waals surface area contributed by atoms with Gasteiger partial charge >= 0.3 is 6.18 Å². The molecule has 33 heavy (non-hydrogen) atoms. The van der Waals surface area contributed by atoms with E-state index in [9.17, 15) is 35.6 Å². The molecule has 3 rings (SSSR count). The Morgan fingerprint density at radius 2 is 1.76 bits per heavy atom. The van der Waals surface area contributed by atoms with Gasteiger partial charge in [0.1, 0.15) is 10.7 Å². The van der Waals surface area contributed by atoms with Crippen molar-refractivity contribution in [3.8, 4) is 0 Å². The van der Waals surface area contributed by atoms with Crippen LogP contribution in [0.15, 0.2) is 75.5 Å². The van der Waals surface area contributed by atoms with E-state index in [1.807, 2.05) is 0 Å². The van der Waals surface area contributed by atoms with Crippen LogP contribution in [0.25, 0.3) is 0 Å². The van der Waals surface area contributed by atoms with Crippen molar-refractivity contribution in [2.75, 3.05) is 16.8 Å². The number of hydrogen-bond donors (Lipinski definition) is 2. The van der Waals surface area contributed by atoms with Gasteiger partial charge < -0.3 is 10.3 Å². The molecule has 1 amide bonds. The number of benzene rings is 2. The Balaban J connectivity index is 1.77. The number of halogens is 4. The number of carbonyl (C=O) groups excluding carboxylic acids is 1. The van der Waals surface area contributed by atoms with Crippen molar-refractivity contribution in [3.05, 3.63) is 88.0 Å². The second kappa shape index (κ2) is 9.79. The summed E-state index contributed by atoms with van der Waals surface area (Å²) in [5.74, 6) is -2.58. The van der Waals surface area contributed by atoms with Crippen LogP contribution in [0.3, 0.4) is 0 Å². The number of sulfone groups is 1. The fraction of sp³-hybridized carbons (Fsp3) is 0.143. The molecule has 0 saturated carbocycles. The maximum Gasteiger partial charge on any atom is 0.416 e. The highest BCUT2D eigenvalue weighted by atomic mass is 32.2. The third-order valence-electron chi connectivity index (χ3n) is 4.39. The summed E-state index contributed by atoms with van der Waals surface area (Å²) in [7, 11) is -4.08. The third kappa shape index (κ3) is 6.02. The van der Waals surface area contributed by atoms with Gasteiger partial charge in [-0.2, -0.15) is 13.2 Å². The minimum absolute atomic E-state index is 0.00456. The van der Waals surface area contributed by atoms with E-state index in [1.165, 1.54) is 12.1 Å². The average Bonchev–Trinajstić information content (AvgIpc) is 2.78. The van der Waals surface area contributed by atoms with Gasteiger partial charge in [-0.05, 0) is 30.3 Å². The summed E-state index contributed by atoms with van der Waals surface area (Å²) in [6, 6.07) is 11.2. The smallest absolute Gasteiger partial charge is 0.352 e. The molecule has 12 heteroatoms. The van der Waals surface area contributed by atoms with E-state index in [0.717, 1.165) is 36.2 Å². The van der Waals surface area contributed by atoms with Gasteiger partial charge in [0.15, 0.2) is 15.7 Å². The average molecular weight is 500 g/mol. The largest absolute Gasteiger partial charge is 0.416 e. The molecule has 0 aliphatic heterocycles. The molecule has 0 aliphatic carbocycles. The van der Waals surface area contributed by atoms with Gasteiger partial charge in [0.05, 0.1) is 16.2 Å². The van der Waals surface area contributed by atoms with E-state index in [-0.39, 0.29) is 16.3 Å². The van der Waals surface area contributed by atoms with Crippen molar-refractivity contribution in [2.45, 2.75) is 16.1 Å². The third-order valence-corrected chi connectivity index (χ3v) is 7.39. The molecule has 0 spiro atoms. The molecule has 2 aromatic carbocycles. The van der Waals surface area contributed by atoms with Gasteiger partial charge in [-0.1, -0.05) is 24.3 Å². The van der Waals surface area contributed by atoms with E-state index in [1.54, 1.807) is 18.2 Å². The van der Waals surface area contributed by atoms with E-state index < -0.39 is 55.1 Å². The zero-order valence-electron chi connectivity index (χ0n) is 16.6. The minimum atomic E-state index is -4.69. The summed E-state index contributed by atoms with van der Waals surface area (Å²) in [5.41, 5.74) is -2.37. The molecule has 1 aromatic heterocycles. The first kappa shape index (κ1) is 24.5. The number of pyridine rings is 1. The molecular formula is C21H16F4N2O4S2. The van der Waals surface area contributed by atoms with Crippen LogP contribution in [0.4, 0.5) is 23.2 Å². The minimum Gasteiger partial charge on any atom is -0.352 e. The van der Waals surface area contributed by atoms with Crippen molar-refractivity contribution in [3.63, 3.8) is 0 Å². The van der Waals surface area contributed by atoms with E-state index in [4.69, 9.17) is 0 Å². The summed E-state index contributed by atoms with van der Waals surface area (Å²) in [4.78, 5) is 26.6. The Labute approximate surface area is 190 Å². The molecule has 0 aliphatic rings. The molecule has 0 saturated heterocycles. The predicted octanol–water partition coefficient (Wildman–Crippen LogP) is 4.35. The van der Waals surface area contributed by atoms with Gasteiger partial charge in [0.2, 0.25) is 5.43 Å². The molecule has 3 aromatic rings. The highest BCUT2D eigenvalue weighted by Gasteiger charge is 2.31. The first-order valence-corrected chi connectivity index (χ1v) is 11.9. The van der Waals surface area contributed by atoms with Gasteiger partial charge in [-0.3, -0.25) is 9.59 Å². The summed E-state index contributed by atoms with van der Waals surface area (Å²) in [5, 5.41) is 2.33. The lowest BCUT2D eigenvalue weighted by molar-refractivity contribution is -0.137. The summed E-state index contributed by atoms with van der Waals surface area (Å²) >= 11 is 0.800. The molecule has 0 fully saturated rings. The predicted molar refractivity (Wildman–Crippen MR) is 116 cm³/mol. The number of amides is 1. The zero-order valence-corrected chi connectivity index (χ0v) is 18.3. The molecule has 0 unspecified atom stereocenters. The van der Waals surface area contributed by atoms with Gasteiger partial charge in [0.25, 0.3) is 5.91 Å². The topological polar surface area (TPSA) is 96.1 Å². The number of carbonyl (C=O) groups is 1. The number of anilines is 1. The molecule has 0 atom stereocenters. The number of aromatic nitrogens is 1. The standard InChI is InChI=1S/C21H16F4N2O4S2/c22-16-12-26-20(17(18(16)28)27-19(29)13-5-2-1-3-6-13)32-9-10-33(30,31)15-8-4-7-14(11-15)21(23,24)25/h1-8,11-12H,9-10H2,(H,26,28)(H,27,29). The van der Waals surface area contributed by atoms with E-state index in [0.29, 0.717) is 6.07 Å². The summed E-state index contributed by atoms with van der Waals surface area (Å²) < 4.78 is 77.4. The highest BCUT2D eigenvalue weighted by Crippen LogP contribution is 2.31. The van der Waals surface area contributed by atoms with Crippen molar-refractivity contribution in [1.29, 1.82) is 0 Å². The van der Waals surface area contributed by atoms with E-state index in [2.05, 4.69) is 10.3 Å². The normalized spacial score (nSPS) is 11.9. The van der Waals surface area contributed by atoms with Crippen molar-refractivity contribution >= 4 is 33.2 Å². The van der Waals surface area contributed by atoms with E-state index >= 15 is 0 Å². The van der Waals surface area contributed by atoms with Crippen LogP contribution in [0.2, 0.25) is 0 Å². The lowest BCUT2D eigenvalue weighted by atomic mass is 10.2. The first-order valence-electron chi connectivity index (χ1n) is 9.29. The van der Waals surface area contributed by atoms with Crippen LogP contribution in [0, 0.1) is 5.82 Å². The molecule has 0 radical (unpaired) electrons. The van der Waals surface area contributed by atoms with Gasteiger partial charge in [-0.15, -0.1) is 11.8 Å². The maximum absolute atomic E-state index is 13.8. The van der Waals surface area contributed by atoms with Crippen LogP contribution in [-0.4, -0.2) is 30.8 Å². The summed E-state index contributed by atoms with van der Waals surface area (Å²) in [6.45, 7) is 0. The molecule has 6 nitrogen and oxygen atoms in total. The number of alkyl halides is 3. The second-order valence-corrected chi connectivity index (χ2v) is 9.90. The number of aromatic amines is 1. The van der Waals surface area contributed by atoms with Crippen molar-refractivity contribution < 1.29 is 30.8 Å². The Kier molecular flexibility index (Phi) is 7.28. The number of nitrogens with one attached hydrogen (secondary N) is 2.